The Kier molecular flexibility index (Phi) is 5.74. The smallest absolute Gasteiger partial charge is 0.251 e. The van der Waals surface area contributed by atoms with Crippen LogP contribution in [0.15, 0.2) is 54.6 Å². The Morgan fingerprint density at radius 1 is 1.04 bits per heavy atom. The number of carbonyl (C=O) groups is 2. The van der Waals surface area contributed by atoms with Crippen molar-refractivity contribution in [3.05, 3.63) is 65.7 Å². The lowest BCUT2D eigenvalue weighted by atomic mass is 10.0. The summed E-state index contributed by atoms with van der Waals surface area (Å²) in [4.78, 5) is 24.5. The summed E-state index contributed by atoms with van der Waals surface area (Å²) in [7, 11) is 0. The molecule has 0 fully saturated rings. The van der Waals surface area contributed by atoms with Crippen LogP contribution in [0, 0.1) is 0 Å². The molecule has 23 heavy (non-hydrogen) atoms. The molecule has 1 unspecified atom stereocenters. The van der Waals surface area contributed by atoms with Crippen LogP contribution in [0.5, 0.6) is 5.75 Å². The van der Waals surface area contributed by atoms with Gasteiger partial charge < -0.3 is 15.7 Å². The van der Waals surface area contributed by atoms with Crippen molar-refractivity contribution >= 4 is 11.8 Å². The van der Waals surface area contributed by atoms with Crippen molar-refractivity contribution in [2.24, 2.45) is 0 Å². The molecule has 120 valence electrons. The van der Waals surface area contributed by atoms with E-state index in [2.05, 4.69) is 10.6 Å². The van der Waals surface area contributed by atoms with Gasteiger partial charge in [0.05, 0.1) is 0 Å². The summed E-state index contributed by atoms with van der Waals surface area (Å²) in [6.07, 6.45) is 0.352. The number of amides is 2. The minimum absolute atomic E-state index is 0.164. The van der Waals surface area contributed by atoms with Gasteiger partial charge in [-0.2, -0.15) is 0 Å². The molecule has 0 spiro atoms. The number of likely N-dealkylation sites (N-methyl/N-ethyl adjacent to an activating group) is 1. The Morgan fingerprint density at radius 2 is 1.70 bits per heavy atom. The van der Waals surface area contributed by atoms with E-state index in [0.717, 1.165) is 5.56 Å². The molecular formula is C18H20N2O3. The number of carbonyl (C=O) groups excluding carboxylic acids is 2. The fraction of sp³-hybridized carbons (Fsp3) is 0.222. The van der Waals surface area contributed by atoms with Gasteiger partial charge in [-0.05, 0) is 36.8 Å². The summed E-state index contributed by atoms with van der Waals surface area (Å²) >= 11 is 0. The zero-order valence-corrected chi connectivity index (χ0v) is 13.0. The van der Waals surface area contributed by atoms with E-state index in [1.807, 2.05) is 13.0 Å². The molecule has 0 aliphatic carbocycles. The number of hydrogen-bond acceptors (Lipinski definition) is 3. The standard InChI is InChI=1S/C18H20N2O3/c1-2-19-18(23)16(12-13-8-10-15(21)11-9-13)20-17(22)14-6-4-3-5-7-14/h3-11,16,21H,2,12H2,1H3,(H,19,23)(H,20,22). The van der Waals surface area contributed by atoms with E-state index in [4.69, 9.17) is 0 Å². The first-order chi connectivity index (χ1) is 11.1. The third-order valence-corrected chi connectivity index (χ3v) is 3.38. The first kappa shape index (κ1) is 16.5. The van der Waals surface area contributed by atoms with E-state index < -0.39 is 6.04 Å². The molecule has 0 aliphatic heterocycles. The van der Waals surface area contributed by atoms with Crippen LogP contribution < -0.4 is 10.6 Å². The third kappa shape index (κ3) is 4.85. The molecule has 0 saturated carbocycles. The highest BCUT2D eigenvalue weighted by molar-refractivity contribution is 5.97. The molecule has 2 amide bonds. The fourth-order valence-corrected chi connectivity index (χ4v) is 2.21. The average Bonchev–Trinajstić information content (AvgIpc) is 2.57. The highest BCUT2D eigenvalue weighted by atomic mass is 16.3. The molecule has 0 saturated heterocycles. The molecule has 0 heterocycles. The number of rotatable bonds is 6. The third-order valence-electron chi connectivity index (χ3n) is 3.38. The Bertz CT molecular complexity index is 654. The zero-order valence-electron chi connectivity index (χ0n) is 13.0. The van der Waals surface area contributed by atoms with Crippen LogP contribution in [-0.4, -0.2) is 29.5 Å². The van der Waals surface area contributed by atoms with Crippen LogP contribution >= 0.6 is 0 Å². The van der Waals surface area contributed by atoms with Gasteiger partial charge in [-0.15, -0.1) is 0 Å². The molecule has 2 rings (SSSR count). The predicted molar refractivity (Wildman–Crippen MR) is 88.2 cm³/mol. The number of aromatic hydroxyl groups is 1. The average molecular weight is 312 g/mol. The minimum Gasteiger partial charge on any atom is -0.508 e. The van der Waals surface area contributed by atoms with Crippen molar-refractivity contribution in [3.63, 3.8) is 0 Å². The molecule has 5 heteroatoms. The number of phenolic OH excluding ortho intramolecular Hbond substituents is 1. The molecule has 2 aromatic rings. The molecule has 5 nitrogen and oxygen atoms in total. The summed E-state index contributed by atoms with van der Waals surface area (Å²) in [5.41, 5.74) is 1.36. The first-order valence-electron chi connectivity index (χ1n) is 7.51. The van der Waals surface area contributed by atoms with Crippen LogP contribution in [-0.2, 0) is 11.2 Å². The number of benzene rings is 2. The van der Waals surface area contributed by atoms with E-state index in [0.29, 0.717) is 18.5 Å². The number of hydrogen-bond donors (Lipinski definition) is 3. The van der Waals surface area contributed by atoms with Crippen molar-refractivity contribution in [2.75, 3.05) is 6.54 Å². The van der Waals surface area contributed by atoms with Gasteiger partial charge in [-0.25, -0.2) is 0 Å². The maximum absolute atomic E-state index is 12.3. The maximum Gasteiger partial charge on any atom is 0.251 e. The van der Waals surface area contributed by atoms with E-state index in [1.54, 1.807) is 48.5 Å². The lowest BCUT2D eigenvalue weighted by Crippen LogP contribution is -2.48. The summed E-state index contributed by atoms with van der Waals surface area (Å²) in [5, 5.41) is 14.8. The minimum atomic E-state index is -0.674. The van der Waals surface area contributed by atoms with E-state index in [-0.39, 0.29) is 17.6 Å². The summed E-state index contributed by atoms with van der Waals surface area (Å²) in [5.74, 6) is -0.359. The molecular weight excluding hydrogens is 292 g/mol. The van der Waals surface area contributed by atoms with Crippen LogP contribution in [0.1, 0.15) is 22.8 Å². The van der Waals surface area contributed by atoms with Gasteiger partial charge in [0.15, 0.2) is 0 Å². The Labute approximate surface area is 135 Å². The van der Waals surface area contributed by atoms with Gasteiger partial charge in [0.1, 0.15) is 11.8 Å². The van der Waals surface area contributed by atoms with E-state index in [1.165, 1.54) is 0 Å². The van der Waals surface area contributed by atoms with E-state index in [9.17, 15) is 14.7 Å². The van der Waals surface area contributed by atoms with Gasteiger partial charge in [0.25, 0.3) is 5.91 Å². The van der Waals surface area contributed by atoms with Gasteiger partial charge in [-0.3, -0.25) is 9.59 Å². The molecule has 2 aromatic carbocycles. The van der Waals surface area contributed by atoms with Crippen molar-refractivity contribution in [2.45, 2.75) is 19.4 Å². The van der Waals surface area contributed by atoms with Crippen molar-refractivity contribution in [1.82, 2.24) is 10.6 Å². The number of phenols is 1. The zero-order chi connectivity index (χ0) is 16.7. The maximum atomic E-state index is 12.3. The Morgan fingerprint density at radius 3 is 2.30 bits per heavy atom. The molecule has 0 aliphatic rings. The van der Waals surface area contributed by atoms with Gasteiger partial charge in [0.2, 0.25) is 5.91 Å². The lowest BCUT2D eigenvalue weighted by molar-refractivity contribution is -0.122. The van der Waals surface area contributed by atoms with Crippen LogP contribution in [0.3, 0.4) is 0 Å². The van der Waals surface area contributed by atoms with Crippen LogP contribution in [0.2, 0.25) is 0 Å². The van der Waals surface area contributed by atoms with Gasteiger partial charge >= 0.3 is 0 Å². The van der Waals surface area contributed by atoms with Crippen LogP contribution in [0.25, 0.3) is 0 Å². The second kappa shape index (κ2) is 7.98. The normalized spacial score (nSPS) is 11.5. The van der Waals surface area contributed by atoms with Gasteiger partial charge in [-0.1, -0.05) is 30.3 Å². The molecule has 1 atom stereocenters. The number of nitrogens with one attached hydrogen (secondary N) is 2. The molecule has 3 N–H and O–H groups in total. The Hall–Kier alpha value is -2.82. The Balaban J connectivity index is 2.12. The van der Waals surface area contributed by atoms with Gasteiger partial charge in [0, 0.05) is 18.5 Å². The summed E-state index contributed by atoms with van der Waals surface area (Å²) in [6.45, 7) is 2.32. The molecule has 0 bridgehead atoms. The first-order valence-corrected chi connectivity index (χ1v) is 7.51. The summed E-state index contributed by atoms with van der Waals surface area (Å²) < 4.78 is 0. The van der Waals surface area contributed by atoms with Crippen molar-refractivity contribution in [3.8, 4) is 5.75 Å². The lowest BCUT2D eigenvalue weighted by Gasteiger charge is -2.18. The second-order valence-electron chi connectivity index (χ2n) is 5.16. The quantitative estimate of drug-likeness (QED) is 0.762. The SMILES string of the molecule is CCNC(=O)C(Cc1ccc(O)cc1)NC(=O)c1ccccc1. The molecule has 0 radical (unpaired) electrons. The van der Waals surface area contributed by atoms with Crippen molar-refractivity contribution < 1.29 is 14.7 Å². The highest BCUT2D eigenvalue weighted by Crippen LogP contribution is 2.12. The fourth-order valence-electron chi connectivity index (χ4n) is 2.21. The molecule has 0 aromatic heterocycles. The van der Waals surface area contributed by atoms with E-state index >= 15 is 0 Å². The van der Waals surface area contributed by atoms with Crippen molar-refractivity contribution in [1.29, 1.82) is 0 Å². The highest BCUT2D eigenvalue weighted by Gasteiger charge is 2.21. The van der Waals surface area contributed by atoms with Crippen LogP contribution in [0.4, 0.5) is 0 Å². The predicted octanol–water partition coefficient (Wildman–Crippen LogP) is 1.87. The summed E-state index contributed by atoms with van der Waals surface area (Å²) in [6, 6.07) is 14.7. The monoisotopic (exact) mass is 312 g/mol. The topological polar surface area (TPSA) is 78.4 Å². The largest absolute Gasteiger partial charge is 0.508 e. The second-order valence-corrected chi connectivity index (χ2v) is 5.16.